The van der Waals surface area contributed by atoms with Crippen LogP contribution in [0.3, 0.4) is 0 Å². The van der Waals surface area contributed by atoms with Crippen LogP contribution in [0.2, 0.25) is 5.02 Å². The first kappa shape index (κ1) is 10.8. The summed E-state index contributed by atoms with van der Waals surface area (Å²) in [7, 11) is 0. The van der Waals surface area contributed by atoms with Gasteiger partial charge in [-0.15, -0.1) is 6.58 Å². The smallest absolute Gasteiger partial charge is 0.134 e. The second-order valence-electron chi connectivity index (χ2n) is 3.42. The molecule has 1 aromatic heterocycles. The number of benzene rings is 1. The van der Waals surface area contributed by atoms with Crippen LogP contribution in [0.1, 0.15) is 0 Å². The highest BCUT2D eigenvalue weighted by Gasteiger charge is 2.05. The second kappa shape index (κ2) is 4.41. The Morgan fingerprint density at radius 3 is 3.00 bits per heavy atom. The van der Waals surface area contributed by atoms with Crippen LogP contribution in [0, 0.1) is 0 Å². The van der Waals surface area contributed by atoms with E-state index in [2.05, 4.69) is 16.9 Å². The highest BCUT2D eigenvalue weighted by molar-refractivity contribution is 6.32. The van der Waals surface area contributed by atoms with Crippen LogP contribution in [0.5, 0.6) is 0 Å². The molecule has 0 unspecified atom stereocenters. The molecule has 1 heterocycles. The van der Waals surface area contributed by atoms with E-state index >= 15 is 0 Å². The Kier molecular flexibility index (Phi) is 2.97. The molecule has 3 N–H and O–H groups in total. The normalized spacial score (nSPS) is 10.3. The lowest BCUT2D eigenvalue weighted by molar-refractivity contribution is 1.25. The molecule has 2 rings (SSSR count). The lowest BCUT2D eigenvalue weighted by Gasteiger charge is -2.08. The van der Waals surface area contributed by atoms with Gasteiger partial charge in [-0.25, -0.2) is 4.98 Å². The van der Waals surface area contributed by atoms with E-state index in [9.17, 15) is 0 Å². The van der Waals surface area contributed by atoms with Crippen LogP contribution in [0.4, 0.5) is 11.5 Å². The standard InChI is InChI=1S/C12H12ClN3/c1-2-4-15-12-10-6-8(13)7-11(14)9(10)3-5-16-12/h2-3,5-7H,1,4,14H2,(H,15,16). The van der Waals surface area contributed by atoms with Crippen molar-refractivity contribution in [2.45, 2.75) is 0 Å². The van der Waals surface area contributed by atoms with E-state index in [1.165, 1.54) is 0 Å². The van der Waals surface area contributed by atoms with E-state index in [0.717, 1.165) is 16.6 Å². The van der Waals surface area contributed by atoms with Gasteiger partial charge >= 0.3 is 0 Å². The average Bonchev–Trinajstić information content (AvgIpc) is 2.26. The summed E-state index contributed by atoms with van der Waals surface area (Å²) in [6.07, 6.45) is 3.49. The predicted molar refractivity (Wildman–Crippen MR) is 69.9 cm³/mol. The van der Waals surface area contributed by atoms with Gasteiger partial charge in [0.05, 0.1) is 0 Å². The molecule has 0 aliphatic heterocycles. The molecule has 0 aliphatic carbocycles. The Morgan fingerprint density at radius 1 is 1.44 bits per heavy atom. The quantitative estimate of drug-likeness (QED) is 0.633. The third kappa shape index (κ3) is 1.95. The number of hydrogen-bond acceptors (Lipinski definition) is 3. The summed E-state index contributed by atoms with van der Waals surface area (Å²) >= 11 is 5.97. The van der Waals surface area contributed by atoms with Gasteiger partial charge in [-0.3, -0.25) is 0 Å². The van der Waals surface area contributed by atoms with Crippen molar-refractivity contribution in [3.8, 4) is 0 Å². The number of rotatable bonds is 3. The van der Waals surface area contributed by atoms with Gasteiger partial charge in [0.15, 0.2) is 0 Å². The number of nitrogen functional groups attached to an aromatic ring is 1. The molecule has 1 aromatic carbocycles. The Balaban J connectivity index is 2.61. The summed E-state index contributed by atoms with van der Waals surface area (Å²) in [6, 6.07) is 5.47. The van der Waals surface area contributed by atoms with Gasteiger partial charge in [0.25, 0.3) is 0 Å². The monoisotopic (exact) mass is 233 g/mol. The summed E-state index contributed by atoms with van der Waals surface area (Å²) in [5, 5.41) is 5.63. The molecule has 0 spiro atoms. The lowest BCUT2D eigenvalue weighted by atomic mass is 10.1. The second-order valence-corrected chi connectivity index (χ2v) is 3.86. The van der Waals surface area contributed by atoms with Crippen molar-refractivity contribution in [2.24, 2.45) is 0 Å². The third-order valence-electron chi connectivity index (χ3n) is 2.29. The van der Waals surface area contributed by atoms with E-state index < -0.39 is 0 Å². The van der Waals surface area contributed by atoms with Gasteiger partial charge in [-0.2, -0.15) is 0 Å². The molecule has 2 aromatic rings. The summed E-state index contributed by atoms with van der Waals surface area (Å²) in [5.41, 5.74) is 6.55. The van der Waals surface area contributed by atoms with Crippen molar-refractivity contribution in [3.05, 3.63) is 42.1 Å². The van der Waals surface area contributed by atoms with Crippen LogP contribution in [-0.4, -0.2) is 11.5 Å². The van der Waals surface area contributed by atoms with E-state index in [0.29, 0.717) is 17.3 Å². The topological polar surface area (TPSA) is 50.9 Å². The Hall–Kier alpha value is -1.74. The van der Waals surface area contributed by atoms with Crippen LogP contribution in [-0.2, 0) is 0 Å². The average molecular weight is 234 g/mol. The van der Waals surface area contributed by atoms with Gasteiger partial charge < -0.3 is 11.1 Å². The molecular weight excluding hydrogens is 222 g/mol. The molecule has 0 radical (unpaired) electrons. The number of nitrogens with one attached hydrogen (secondary N) is 1. The number of nitrogens with two attached hydrogens (primary N) is 1. The number of hydrogen-bond donors (Lipinski definition) is 2. The first-order valence-corrected chi connectivity index (χ1v) is 5.28. The fourth-order valence-electron chi connectivity index (χ4n) is 1.59. The fourth-order valence-corrected chi connectivity index (χ4v) is 1.81. The predicted octanol–water partition coefficient (Wildman–Crippen LogP) is 3.07. The highest BCUT2D eigenvalue weighted by atomic mass is 35.5. The maximum Gasteiger partial charge on any atom is 0.134 e. The van der Waals surface area contributed by atoms with Crippen LogP contribution >= 0.6 is 11.6 Å². The Bertz CT molecular complexity index is 537. The van der Waals surface area contributed by atoms with Gasteiger partial charge in [-0.1, -0.05) is 17.7 Å². The van der Waals surface area contributed by atoms with Gasteiger partial charge in [0, 0.05) is 34.2 Å². The molecule has 0 saturated heterocycles. The minimum Gasteiger partial charge on any atom is -0.398 e. The summed E-state index contributed by atoms with van der Waals surface area (Å²) < 4.78 is 0. The number of fused-ring (bicyclic) bond motifs is 1. The van der Waals surface area contributed by atoms with Crippen molar-refractivity contribution in [1.29, 1.82) is 0 Å². The number of anilines is 2. The Morgan fingerprint density at radius 2 is 2.25 bits per heavy atom. The van der Waals surface area contributed by atoms with Gasteiger partial charge in [0.2, 0.25) is 0 Å². The van der Waals surface area contributed by atoms with E-state index in [1.54, 1.807) is 18.3 Å². The third-order valence-corrected chi connectivity index (χ3v) is 2.51. The number of nitrogens with zero attached hydrogens (tertiary/aromatic N) is 1. The highest BCUT2D eigenvalue weighted by Crippen LogP contribution is 2.29. The van der Waals surface area contributed by atoms with Crippen LogP contribution in [0.15, 0.2) is 37.1 Å². The van der Waals surface area contributed by atoms with Gasteiger partial charge in [-0.05, 0) is 18.2 Å². The van der Waals surface area contributed by atoms with Gasteiger partial charge in [0.1, 0.15) is 5.82 Å². The molecule has 0 aliphatic rings. The lowest BCUT2D eigenvalue weighted by Crippen LogP contribution is -2.01. The molecule has 0 saturated carbocycles. The molecule has 16 heavy (non-hydrogen) atoms. The summed E-state index contributed by atoms with van der Waals surface area (Å²) in [6.45, 7) is 4.30. The number of halogens is 1. The first-order valence-electron chi connectivity index (χ1n) is 4.91. The largest absolute Gasteiger partial charge is 0.398 e. The molecule has 82 valence electrons. The molecule has 0 amide bonds. The maximum atomic E-state index is 5.97. The minimum atomic E-state index is 0.611. The van der Waals surface area contributed by atoms with Crippen LogP contribution in [0.25, 0.3) is 10.8 Å². The van der Waals surface area contributed by atoms with E-state index in [1.807, 2.05) is 12.1 Å². The maximum absolute atomic E-state index is 5.97. The molecule has 4 heteroatoms. The first-order chi connectivity index (χ1) is 7.72. The van der Waals surface area contributed by atoms with Crippen molar-refractivity contribution in [3.63, 3.8) is 0 Å². The van der Waals surface area contributed by atoms with E-state index in [-0.39, 0.29) is 0 Å². The molecule has 0 fully saturated rings. The Labute approximate surface area is 98.9 Å². The molecule has 0 atom stereocenters. The zero-order chi connectivity index (χ0) is 11.5. The molecular formula is C12H12ClN3. The number of pyridine rings is 1. The van der Waals surface area contributed by atoms with Crippen molar-refractivity contribution in [1.82, 2.24) is 4.98 Å². The SMILES string of the molecule is C=CCNc1nccc2c(N)cc(Cl)cc12. The van der Waals surface area contributed by atoms with E-state index in [4.69, 9.17) is 17.3 Å². The van der Waals surface area contributed by atoms with Crippen molar-refractivity contribution >= 4 is 33.9 Å². The zero-order valence-corrected chi connectivity index (χ0v) is 9.46. The summed E-state index contributed by atoms with van der Waals surface area (Å²) in [4.78, 5) is 4.25. The van der Waals surface area contributed by atoms with Crippen LogP contribution < -0.4 is 11.1 Å². The molecule has 3 nitrogen and oxygen atoms in total. The van der Waals surface area contributed by atoms with Crippen molar-refractivity contribution < 1.29 is 0 Å². The minimum absolute atomic E-state index is 0.611. The fraction of sp³-hybridized carbons (Fsp3) is 0.0833. The molecule has 0 bridgehead atoms. The zero-order valence-electron chi connectivity index (χ0n) is 8.70. The van der Waals surface area contributed by atoms with Crippen molar-refractivity contribution in [2.75, 3.05) is 17.6 Å². The summed E-state index contributed by atoms with van der Waals surface area (Å²) in [5.74, 6) is 0.770. The number of aromatic nitrogens is 1.